The number of nitrogens with zero attached hydrogens (tertiary/aromatic N) is 1. The van der Waals surface area contributed by atoms with E-state index in [1.807, 2.05) is 6.92 Å². The van der Waals surface area contributed by atoms with Gasteiger partial charge in [-0.2, -0.15) is 0 Å². The van der Waals surface area contributed by atoms with Gasteiger partial charge in [0.05, 0.1) is 6.61 Å². The van der Waals surface area contributed by atoms with Gasteiger partial charge in [0.2, 0.25) is 0 Å². The van der Waals surface area contributed by atoms with Crippen LogP contribution in [0.3, 0.4) is 0 Å². The van der Waals surface area contributed by atoms with Crippen LogP contribution in [0.15, 0.2) is 0 Å². The highest BCUT2D eigenvalue weighted by Crippen LogP contribution is 2.50. The maximum absolute atomic E-state index is 12.7. The Morgan fingerprint density at radius 2 is 2.00 bits per heavy atom. The van der Waals surface area contributed by atoms with Gasteiger partial charge >= 0.3 is 5.97 Å². The molecule has 2 rings (SSSR count). The first-order valence-corrected chi connectivity index (χ1v) is 7.67. The molecule has 0 spiro atoms. The van der Waals surface area contributed by atoms with Crippen LogP contribution < -0.4 is 5.32 Å². The van der Waals surface area contributed by atoms with Crippen molar-refractivity contribution in [3.8, 4) is 0 Å². The lowest BCUT2D eigenvalue weighted by atomic mass is 9.73. The number of rotatable bonds is 3. The number of carbonyl (C=O) groups is 1. The maximum Gasteiger partial charge on any atom is 0.327 e. The van der Waals surface area contributed by atoms with Crippen molar-refractivity contribution in [2.24, 2.45) is 5.41 Å². The van der Waals surface area contributed by atoms with Crippen LogP contribution in [0.5, 0.6) is 0 Å². The normalized spacial score (nSPS) is 31.9. The molecule has 0 bridgehead atoms. The smallest absolute Gasteiger partial charge is 0.327 e. The minimum absolute atomic E-state index is 0.000556. The molecular formula is C15H28N2O2. The van der Waals surface area contributed by atoms with Gasteiger partial charge in [0.25, 0.3) is 0 Å². The topological polar surface area (TPSA) is 41.6 Å². The highest BCUT2D eigenvalue weighted by molar-refractivity contribution is 5.82. The van der Waals surface area contributed by atoms with E-state index < -0.39 is 5.54 Å². The van der Waals surface area contributed by atoms with Crippen molar-refractivity contribution >= 4 is 5.97 Å². The van der Waals surface area contributed by atoms with Crippen LogP contribution in [0.25, 0.3) is 0 Å². The molecular weight excluding hydrogens is 240 g/mol. The van der Waals surface area contributed by atoms with Gasteiger partial charge in [0, 0.05) is 19.6 Å². The molecule has 0 aromatic carbocycles. The summed E-state index contributed by atoms with van der Waals surface area (Å²) < 4.78 is 5.46. The molecule has 1 atom stereocenters. The fourth-order valence-electron chi connectivity index (χ4n) is 3.90. The molecule has 1 N–H and O–H groups in total. The van der Waals surface area contributed by atoms with Gasteiger partial charge in [-0.15, -0.1) is 0 Å². The first-order valence-electron chi connectivity index (χ1n) is 7.67. The lowest BCUT2D eigenvalue weighted by molar-refractivity contribution is -0.165. The van der Waals surface area contributed by atoms with Crippen molar-refractivity contribution in [2.45, 2.75) is 52.0 Å². The van der Waals surface area contributed by atoms with Gasteiger partial charge in [-0.25, -0.2) is 0 Å². The highest BCUT2D eigenvalue weighted by Gasteiger charge is 2.58. The molecule has 1 aliphatic heterocycles. The molecule has 4 nitrogen and oxygen atoms in total. The third-order valence-corrected chi connectivity index (χ3v) is 4.95. The van der Waals surface area contributed by atoms with E-state index in [-0.39, 0.29) is 11.4 Å². The molecule has 110 valence electrons. The van der Waals surface area contributed by atoms with E-state index in [9.17, 15) is 4.79 Å². The van der Waals surface area contributed by atoms with E-state index in [2.05, 4.69) is 24.1 Å². The Morgan fingerprint density at radius 1 is 1.21 bits per heavy atom. The molecule has 1 saturated carbocycles. The molecule has 2 aliphatic rings. The Balaban J connectivity index is 2.30. The molecule has 0 radical (unpaired) electrons. The van der Waals surface area contributed by atoms with Gasteiger partial charge in [0.15, 0.2) is 0 Å². The second-order valence-electron chi connectivity index (χ2n) is 6.41. The fraction of sp³-hybridized carbons (Fsp3) is 0.933. The molecule has 19 heavy (non-hydrogen) atoms. The predicted octanol–water partition coefficient (Wildman–Crippen LogP) is 1.79. The van der Waals surface area contributed by atoms with Gasteiger partial charge in [-0.1, -0.05) is 20.3 Å². The van der Waals surface area contributed by atoms with Crippen LogP contribution in [0.2, 0.25) is 0 Å². The van der Waals surface area contributed by atoms with Crippen LogP contribution >= 0.6 is 0 Å². The lowest BCUT2D eigenvalue weighted by Gasteiger charge is -2.47. The molecule has 0 amide bonds. The molecule has 1 saturated heterocycles. The van der Waals surface area contributed by atoms with E-state index in [1.54, 1.807) is 0 Å². The summed E-state index contributed by atoms with van der Waals surface area (Å²) in [5.41, 5.74) is -0.404. The lowest BCUT2D eigenvalue weighted by Crippen LogP contribution is -2.62. The zero-order valence-electron chi connectivity index (χ0n) is 12.6. The summed E-state index contributed by atoms with van der Waals surface area (Å²) in [6.45, 7) is 10.8. The average Bonchev–Trinajstić information content (AvgIpc) is 2.57. The van der Waals surface area contributed by atoms with E-state index in [1.165, 1.54) is 0 Å². The van der Waals surface area contributed by atoms with Crippen molar-refractivity contribution in [3.63, 3.8) is 0 Å². The Labute approximate surface area is 116 Å². The third-order valence-electron chi connectivity index (χ3n) is 4.95. The summed E-state index contributed by atoms with van der Waals surface area (Å²) in [6, 6.07) is 0. The standard InChI is InChI=1S/C15H28N2O2/c1-4-19-13(18)15(8-5-7-14(15,2)3)17-11-6-9-16-10-12-17/h16H,4-12H2,1-3H3. The quantitative estimate of drug-likeness (QED) is 0.793. The number of nitrogens with one attached hydrogen (secondary N) is 1. The Kier molecular flexibility index (Phi) is 4.51. The third kappa shape index (κ3) is 2.52. The van der Waals surface area contributed by atoms with E-state index in [4.69, 9.17) is 4.74 Å². The zero-order valence-corrected chi connectivity index (χ0v) is 12.6. The summed E-state index contributed by atoms with van der Waals surface area (Å²) in [4.78, 5) is 15.1. The second kappa shape index (κ2) is 5.80. The minimum atomic E-state index is -0.408. The van der Waals surface area contributed by atoms with Crippen LogP contribution in [-0.2, 0) is 9.53 Å². The molecule has 0 aromatic rings. The Hall–Kier alpha value is -0.610. The van der Waals surface area contributed by atoms with Crippen molar-refractivity contribution in [1.29, 1.82) is 0 Å². The van der Waals surface area contributed by atoms with E-state index in [0.29, 0.717) is 6.61 Å². The fourth-order valence-corrected chi connectivity index (χ4v) is 3.90. The van der Waals surface area contributed by atoms with Crippen LogP contribution in [0.1, 0.15) is 46.5 Å². The van der Waals surface area contributed by atoms with Crippen molar-refractivity contribution in [2.75, 3.05) is 32.8 Å². The summed E-state index contributed by atoms with van der Waals surface area (Å²) in [7, 11) is 0. The van der Waals surface area contributed by atoms with Crippen molar-refractivity contribution in [3.05, 3.63) is 0 Å². The summed E-state index contributed by atoms with van der Waals surface area (Å²) in [6.07, 6.45) is 4.28. The highest BCUT2D eigenvalue weighted by atomic mass is 16.5. The zero-order chi connectivity index (χ0) is 13.9. The largest absolute Gasteiger partial charge is 0.465 e. The van der Waals surface area contributed by atoms with Crippen LogP contribution in [-0.4, -0.2) is 49.2 Å². The number of carbonyl (C=O) groups excluding carboxylic acids is 1. The predicted molar refractivity (Wildman–Crippen MR) is 76.1 cm³/mol. The monoisotopic (exact) mass is 268 g/mol. The van der Waals surface area contributed by atoms with Crippen molar-refractivity contribution in [1.82, 2.24) is 10.2 Å². The molecule has 1 unspecified atom stereocenters. The van der Waals surface area contributed by atoms with Gasteiger partial charge in [0.1, 0.15) is 5.54 Å². The second-order valence-corrected chi connectivity index (χ2v) is 6.41. The SMILES string of the molecule is CCOC(=O)C1(N2CCCNCC2)CCCC1(C)C. The number of hydrogen-bond donors (Lipinski definition) is 1. The van der Waals surface area contributed by atoms with E-state index in [0.717, 1.165) is 51.9 Å². The van der Waals surface area contributed by atoms with Crippen LogP contribution in [0.4, 0.5) is 0 Å². The number of esters is 1. The Bertz CT molecular complexity index is 322. The number of ether oxygens (including phenoxy) is 1. The van der Waals surface area contributed by atoms with Crippen molar-refractivity contribution < 1.29 is 9.53 Å². The first-order chi connectivity index (χ1) is 9.04. The average molecular weight is 268 g/mol. The minimum Gasteiger partial charge on any atom is -0.465 e. The summed E-state index contributed by atoms with van der Waals surface area (Å²) in [5, 5.41) is 3.42. The molecule has 1 heterocycles. The summed E-state index contributed by atoms with van der Waals surface area (Å²) >= 11 is 0. The van der Waals surface area contributed by atoms with E-state index >= 15 is 0 Å². The molecule has 4 heteroatoms. The molecule has 0 aromatic heterocycles. The summed E-state index contributed by atoms with van der Waals surface area (Å²) in [5.74, 6) is -0.000556. The molecule has 2 fully saturated rings. The number of hydrogen-bond acceptors (Lipinski definition) is 4. The van der Waals surface area contributed by atoms with Gasteiger partial charge in [-0.05, 0) is 38.1 Å². The molecule has 1 aliphatic carbocycles. The van der Waals surface area contributed by atoms with Gasteiger partial charge in [-0.3, -0.25) is 9.69 Å². The van der Waals surface area contributed by atoms with Gasteiger partial charge < -0.3 is 10.1 Å². The Morgan fingerprint density at radius 3 is 2.63 bits per heavy atom. The first kappa shape index (κ1) is 14.8. The maximum atomic E-state index is 12.7. The van der Waals surface area contributed by atoms with Crippen LogP contribution in [0, 0.1) is 5.41 Å².